The molecule has 2 heterocycles. The van der Waals surface area contributed by atoms with Crippen LogP contribution in [0, 0.1) is 5.92 Å². The fraction of sp³-hybridized carbons (Fsp3) is 0.562. The molecule has 0 aromatic heterocycles. The van der Waals surface area contributed by atoms with Gasteiger partial charge in [-0.05, 0) is 25.7 Å². The molecule has 2 aliphatic heterocycles. The number of halogens is 1. The zero-order valence-electron chi connectivity index (χ0n) is 14.7. The Morgan fingerprint density at radius 3 is 2.81 bits per heavy atom. The highest BCUT2D eigenvalue weighted by Gasteiger charge is 2.34. The lowest BCUT2D eigenvalue weighted by atomic mass is 9.93. The zero-order valence-corrected chi connectivity index (χ0v) is 16.4. The van der Waals surface area contributed by atoms with Crippen LogP contribution >= 0.6 is 12.4 Å². The number of carbonyl (C=O) groups is 1. The second kappa shape index (κ2) is 7.99. The molecule has 3 rings (SSSR count). The number of rotatable bonds is 4. The van der Waals surface area contributed by atoms with Crippen LogP contribution in [0.15, 0.2) is 17.0 Å². The van der Waals surface area contributed by atoms with Gasteiger partial charge in [0, 0.05) is 31.3 Å². The molecule has 1 amide bonds. The van der Waals surface area contributed by atoms with Crippen molar-refractivity contribution in [3.8, 4) is 11.5 Å². The molecule has 1 aromatic rings. The van der Waals surface area contributed by atoms with Crippen LogP contribution in [0.1, 0.15) is 19.8 Å². The number of nitrogens with zero attached hydrogens (tertiary/aromatic N) is 1. The summed E-state index contributed by atoms with van der Waals surface area (Å²) in [5.41, 5.74) is 6.37. The van der Waals surface area contributed by atoms with E-state index in [2.05, 4.69) is 5.32 Å². The van der Waals surface area contributed by atoms with Crippen LogP contribution in [0.2, 0.25) is 0 Å². The molecular weight excluding hydrogens is 382 g/mol. The molecule has 2 atom stereocenters. The van der Waals surface area contributed by atoms with Gasteiger partial charge in [0.15, 0.2) is 6.61 Å². The minimum atomic E-state index is -3.76. The Labute approximate surface area is 159 Å². The van der Waals surface area contributed by atoms with Crippen molar-refractivity contribution in [3.05, 3.63) is 12.1 Å². The second-order valence-electron chi connectivity index (χ2n) is 6.46. The second-order valence-corrected chi connectivity index (χ2v) is 8.37. The van der Waals surface area contributed by atoms with E-state index < -0.39 is 10.0 Å². The molecule has 1 aromatic carbocycles. The van der Waals surface area contributed by atoms with Crippen molar-refractivity contribution in [1.82, 2.24) is 4.31 Å². The van der Waals surface area contributed by atoms with Gasteiger partial charge < -0.3 is 20.5 Å². The summed E-state index contributed by atoms with van der Waals surface area (Å²) < 4.78 is 38.4. The molecular formula is C16H24ClN3O5S. The maximum absolute atomic E-state index is 13.1. The fourth-order valence-electron chi connectivity index (χ4n) is 3.21. The third kappa shape index (κ3) is 3.90. The van der Waals surface area contributed by atoms with E-state index in [1.54, 1.807) is 0 Å². The van der Waals surface area contributed by atoms with Crippen LogP contribution in [-0.2, 0) is 14.8 Å². The standard InChI is InChI=1S/C16H23N3O5S.ClH/c1-10(17)11-4-3-5-19(8-11)25(21,22)15-7-13-12(6-14(15)23-2)18-16(20)9-24-13;/h6-7,10-11H,3-5,8-9,17H2,1-2H3,(H,18,20);1H. The molecule has 0 radical (unpaired) electrons. The molecule has 8 nitrogen and oxygen atoms in total. The van der Waals surface area contributed by atoms with Gasteiger partial charge in [0.1, 0.15) is 16.4 Å². The first-order valence-electron chi connectivity index (χ1n) is 8.23. The van der Waals surface area contributed by atoms with Crippen molar-refractivity contribution < 1.29 is 22.7 Å². The van der Waals surface area contributed by atoms with Gasteiger partial charge in [-0.1, -0.05) is 0 Å². The summed E-state index contributed by atoms with van der Waals surface area (Å²) >= 11 is 0. The highest BCUT2D eigenvalue weighted by molar-refractivity contribution is 7.89. The van der Waals surface area contributed by atoms with Gasteiger partial charge in [0.25, 0.3) is 5.91 Å². The predicted molar refractivity (Wildman–Crippen MR) is 99.5 cm³/mol. The first-order chi connectivity index (χ1) is 11.8. The van der Waals surface area contributed by atoms with Crippen molar-refractivity contribution in [2.24, 2.45) is 11.7 Å². The Morgan fingerprint density at radius 2 is 2.15 bits per heavy atom. The van der Waals surface area contributed by atoms with Gasteiger partial charge in [-0.3, -0.25) is 4.79 Å². The van der Waals surface area contributed by atoms with Crippen LogP contribution in [-0.4, -0.2) is 51.5 Å². The number of fused-ring (bicyclic) bond motifs is 1. The van der Waals surface area contributed by atoms with Crippen molar-refractivity contribution in [3.63, 3.8) is 0 Å². The van der Waals surface area contributed by atoms with Crippen molar-refractivity contribution >= 4 is 34.0 Å². The monoisotopic (exact) mass is 405 g/mol. The highest BCUT2D eigenvalue weighted by Crippen LogP contribution is 2.39. The molecule has 3 N–H and O–H groups in total. The molecule has 0 spiro atoms. The Kier molecular flexibility index (Phi) is 6.38. The van der Waals surface area contributed by atoms with Gasteiger partial charge >= 0.3 is 0 Å². The molecule has 0 bridgehead atoms. The van der Waals surface area contributed by atoms with E-state index in [-0.39, 0.29) is 47.5 Å². The van der Waals surface area contributed by atoms with E-state index in [4.69, 9.17) is 15.2 Å². The van der Waals surface area contributed by atoms with Crippen LogP contribution in [0.5, 0.6) is 11.5 Å². The van der Waals surface area contributed by atoms with E-state index in [0.29, 0.717) is 24.5 Å². The summed E-state index contributed by atoms with van der Waals surface area (Å²) in [6.07, 6.45) is 1.69. The average molecular weight is 406 g/mol. The number of anilines is 1. The summed E-state index contributed by atoms with van der Waals surface area (Å²) in [4.78, 5) is 11.5. The first kappa shape index (κ1) is 20.8. The van der Waals surface area contributed by atoms with Crippen LogP contribution in [0.25, 0.3) is 0 Å². The Hall–Kier alpha value is -1.55. The quantitative estimate of drug-likeness (QED) is 0.778. The molecule has 0 aliphatic carbocycles. The lowest BCUT2D eigenvalue weighted by molar-refractivity contribution is -0.118. The summed E-state index contributed by atoms with van der Waals surface area (Å²) in [5, 5.41) is 2.65. The van der Waals surface area contributed by atoms with Gasteiger partial charge in [-0.25, -0.2) is 8.42 Å². The minimum Gasteiger partial charge on any atom is -0.495 e. The van der Waals surface area contributed by atoms with Gasteiger partial charge in [0.2, 0.25) is 10.0 Å². The number of hydrogen-bond donors (Lipinski definition) is 2. The van der Waals surface area contributed by atoms with Gasteiger partial charge in [-0.15, -0.1) is 12.4 Å². The molecule has 1 saturated heterocycles. The zero-order chi connectivity index (χ0) is 18.2. The molecule has 10 heteroatoms. The maximum atomic E-state index is 13.1. The van der Waals surface area contributed by atoms with E-state index >= 15 is 0 Å². The van der Waals surface area contributed by atoms with Crippen LogP contribution < -0.4 is 20.5 Å². The molecule has 26 heavy (non-hydrogen) atoms. The number of nitrogens with two attached hydrogens (primary N) is 1. The van der Waals surface area contributed by atoms with Gasteiger partial charge in [0.05, 0.1) is 12.8 Å². The Balaban J connectivity index is 0.00000243. The van der Waals surface area contributed by atoms with Crippen LogP contribution in [0.4, 0.5) is 5.69 Å². The van der Waals surface area contributed by atoms with Crippen molar-refractivity contribution in [1.29, 1.82) is 0 Å². The minimum absolute atomic E-state index is 0. The number of hydrogen-bond acceptors (Lipinski definition) is 6. The number of piperidine rings is 1. The summed E-state index contributed by atoms with van der Waals surface area (Å²) in [7, 11) is -2.36. The van der Waals surface area contributed by atoms with Crippen LogP contribution in [0.3, 0.4) is 0 Å². The Bertz CT molecular complexity index is 784. The summed E-state index contributed by atoms with van der Waals surface area (Å²) in [6, 6.07) is 2.83. The molecule has 2 aliphatic rings. The van der Waals surface area contributed by atoms with Crippen molar-refractivity contribution in [2.45, 2.75) is 30.7 Å². The molecule has 1 fully saturated rings. The lowest BCUT2D eigenvalue weighted by Crippen LogP contribution is -2.45. The summed E-state index contributed by atoms with van der Waals surface area (Å²) in [6.45, 7) is 2.59. The molecule has 2 unspecified atom stereocenters. The predicted octanol–water partition coefficient (Wildman–Crippen LogP) is 1.20. The van der Waals surface area contributed by atoms with Gasteiger partial charge in [-0.2, -0.15) is 4.31 Å². The number of nitrogens with one attached hydrogen (secondary N) is 1. The number of amides is 1. The van der Waals surface area contributed by atoms with E-state index in [1.165, 1.54) is 23.5 Å². The summed E-state index contributed by atoms with van der Waals surface area (Å²) in [5.74, 6) is 0.329. The number of methoxy groups -OCH3 is 1. The number of benzene rings is 1. The molecule has 146 valence electrons. The highest BCUT2D eigenvalue weighted by atomic mass is 35.5. The van der Waals surface area contributed by atoms with E-state index in [0.717, 1.165) is 12.8 Å². The lowest BCUT2D eigenvalue weighted by Gasteiger charge is -2.34. The average Bonchev–Trinajstić information content (AvgIpc) is 2.60. The first-order valence-corrected chi connectivity index (χ1v) is 9.67. The van der Waals surface area contributed by atoms with E-state index in [9.17, 15) is 13.2 Å². The Morgan fingerprint density at radius 1 is 1.42 bits per heavy atom. The number of sulfonamides is 1. The third-order valence-corrected chi connectivity index (χ3v) is 6.57. The largest absolute Gasteiger partial charge is 0.495 e. The SMILES string of the molecule is COc1cc2c(cc1S(=O)(=O)N1CCCC(C(C)N)C1)OCC(=O)N2.Cl. The fourth-order valence-corrected chi connectivity index (χ4v) is 4.90. The van der Waals surface area contributed by atoms with Crippen molar-refractivity contribution in [2.75, 3.05) is 32.1 Å². The normalized spacial score (nSPS) is 21.7. The third-order valence-electron chi connectivity index (χ3n) is 4.68. The number of ether oxygens (including phenoxy) is 2. The number of carbonyl (C=O) groups excluding carboxylic acids is 1. The topological polar surface area (TPSA) is 111 Å². The maximum Gasteiger partial charge on any atom is 0.262 e. The smallest absolute Gasteiger partial charge is 0.262 e. The van der Waals surface area contributed by atoms with E-state index in [1.807, 2.05) is 6.92 Å². The molecule has 0 saturated carbocycles.